The molecule has 0 aliphatic carbocycles. The molecule has 6 nitrogen and oxygen atoms in total. The maximum absolute atomic E-state index is 13.6. The fourth-order valence-corrected chi connectivity index (χ4v) is 1.92. The van der Waals surface area contributed by atoms with E-state index >= 15 is 0 Å². The third kappa shape index (κ3) is 3.72. The van der Waals surface area contributed by atoms with Gasteiger partial charge in [-0.05, 0) is 36.4 Å². The summed E-state index contributed by atoms with van der Waals surface area (Å²) in [5.74, 6) is -1.01. The van der Waals surface area contributed by atoms with E-state index in [1.807, 2.05) is 0 Å². The molecule has 0 atom stereocenters. The Labute approximate surface area is 135 Å². The smallest absolute Gasteiger partial charge is 0.272 e. The predicted molar refractivity (Wildman–Crippen MR) is 81.6 cm³/mol. The summed E-state index contributed by atoms with van der Waals surface area (Å²) in [6.07, 6.45) is 1.51. The van der Waals surface area contributed by atoms with Crippen LogP contribution in [0.5, 0.6) is 0 Å². The summed E-state index contributed by atoms with van der Waals surface area (Å²) >= 11 is 0. The molecule has 2 N–H and O–H groups in total. The Bertz CT molecular complexity index is 836. The van der Waals surface area contributed by atoms with Gasteiger partial charge in [0.05, 0.1) is 18.5 Å². The molecular formula is C16H12F2N4O2. The van der Waals surface area contributed by atoms with Crippen LogP contribution in [-0.4, -0.2) is 16.1 Å². The molecule has 1 aromatic carbocycles. The molecule has 2 heterocycles. The lowest BCUT2D eigenvalue weighted by Crippen LogP contribution is -2.23. The fraction of sp³-hybridized carbons (Fsp3) is 0.0625. The van der Waals surface area contributed by atoms with Gasteiger partial charge in [-0.1, -0.05) is 0 Å². The molecule has 24 heavy (non-hydrogen) atoms. The summed E-state index contributed by atoms with van der Waals surface area (Å²) in [6, 6.07) is 9.48. The van der Waals surface area contributed by atoms with Gasteiger partial charge in [-0.25, -0.2) is 8.78 Å². The highest BCUT2D eigenvalue weighted by Gasteiger charge is 2.10. The van der Waals surface area contributed by atoms with Crippen molar-refractivity contribution in [3.05, 3.63) is 71.8 Å². The van der Waals surface area contributed by atoms with Crippen LogP contribution in [0.25, 0.3) is 0 Å². The number of carbonyl (C=O) groups excluding carboxylic acids is 1. The van der Waals surface area contributed by atoms with Gasteiger partial charge in [-0.15, -0.1) is 10.2 Å². The zero-order valence-electron chi connectivity index (χ0n) is 12.3. The number of benzene rings is 1. The van der Waals surface area contributed by atoms with Crippen molar-refractivity contribution in [1.82, 2.24) is 15.5 Å². The quantitative estimate of drug-likeness (QED) is 0.752. The summed E-state index contributed by atoms with van der Waals surface area (Å²) in [6.45, 7) is 0.230. The van der Waals surface area contributed by atoms with E-state index in [1.165, 1.54) is 24.5 Å². The highest BCUT2D eigenvalue weighted by molar-refractivity contribution is 5.92. The van der Waals surface area contributed by atoms with Crippen LogP contribution in [0, 0.1) is 11.6 Å². The number of hydrogen-bond donors (Lipinski definition) is 2. The van der Waals surface area contributed by atoms with Crippen molar-refractivity contribution >= 4 is 17.4 Å². The lowest BCUT2D eigenvalue weighted by molar-refractivity contribution is 0.0942. The first-order valence-corrected chi connectivity index (χ1v) is 6.98. The van der Waals surface area contributed by atoms with Crippen LogP contribution >= 0.6 is 0 Å². The monoisotopic (exact) mass is 330 g/mol. The maximum atomic E-state index is 13.6. The van der Waals surface area contributed by atoms with Gasteiger partial charge in [0.25, 0.3) is 5.91 Å². The minimum atomic E-state index is -0.753. The van der Waals surface area contributed by atoms with Crippen molar-refractivity contribution in [3.8, 4) is 0 Å². The summed E-state index contributed by atoms with van der Waals surface area (Å²) < 4.78 is 31.5. The summed E-state index contributed by atoms with van der Waals surface area (Å²) in [5, 5.41) is 12.9. The van der Waals surface area contributed by atoms with E-state index in [2.05, 4.69) is 20.8 Å². The molecule has 1 amide bonds. The van der Waals surface area contributed by atoms with Gasteiger partial charge >= 0.3 is 0 Å². The van der Waals surface area contributed by atoms with Crippen LogP contribution in [0.1, 0.15) is 16.2 Å². The Morgan fingerprint density at radius 1 is 1.12 bits per heavy atom. The number of hydrogen-bond acceptors (Lipinski definition) is 5. The van der Waals surface area contributed by atoms with Crippen LogP contribution in [0.15, 0.2) is 53.1 Å². The first-order valence-electron chi connectivity index (χ1n) is 6.98. The van der Waals surface area contributed by atoms with Crippen LogP contribution in [0.4, 0.5) is 20.3 Å². The SMILES string of the molecule is O=C(NCc1ccco1)c1ccc(Nc2ccc(F)cc2F)nn1. The van der Waals surface area contributed by atoms with Crippen LogP contribution in [0.2, 0.25) is 0 Å². The summed E-state index contributed by atoms with van der Waals surface area (Å²) in [5.41, 5.74) is 0.160. The highest BCUT2D eigenvalue weighted by atomic mass is 19.1. The van der Waals surface area contributed by atoms with Gasteiger partial charge in [-0.3, -0.25) is 4.79 Å². The normalized spacial score (nSPS) is 10.4. The molecule has 2 aromatic heterocycles. The lowest BCUT2D eigenvalue weighted by Gasteiger charge is -2.07. The third-order valence-corrected chi connectivity index (χ3v) is 3.09. The molecule has 3 aromatic rings. The van der Waals surface area contributed by atoms with Gasteiger partial charge in [0.1, 0.15) is 17.4 Å². The van der Waals surface area contributed by atoms with Crippen molar-refractivity contribution in [1.29, 1.82) is 0 Å². The Morgan fingerprint density at radius 2 is 2.00 bits per heavy atom. The van der Waals surface area contributed by atoms with E-state index < -0.39 is 17.5 Å². The third-order valence-electron chi connectivity index (χ3n) is 3.09. The Balaban J connectivity index is 1.63. The molecule has 0 radical (unpaired) electrons. The molecule has 0 aliphatic heterocycles. The first kappa shape index (κ1) is 15.6. The van der Waals surface area contributed by atoms with Crippen LogP contribution < -0.4 is 10.6 Å². The Morgan fingerprint density at radius 3 is 2.67 bits per heavy atom. The predicted octanol–water partition coefficient (Wildman–Crippen LogP) is 3.02. The molecule has 0 spiro atoms. The number of nitrogens with zero attached hydrogens (tertiary/aromatic N) is 2. The van der Waals surface area contributed by atoms with Gasteiger partial charge < -0.3 is 15.1 Å². The Kier molecular flexibility index (Phi) is 4.46. The molecule has 8 heteroatoms. The van der Waals surface area contributed by atoms with Gasteiger partial charge in [0.2, 0.25) is 0 Å². The first-order chi connectivity index (χ1) is 11.6. The van der Waals surface area contributed by atoms with Crippen molar-refractivity contribution in [2.75, 3.05) is 5.32 Å². The van der Waals surface area contributed by atoms with E-state index in [0.29, 0.717) is 5.76 Å². The van der Waals surface area contributed by atoms with E-state index in [-0.39, 0.29) is 23.7 Å². The molecule has 122 valence electrons. The molecule has 0 saturated carbocycles. The largest absolute Gasteiger partial charge is 0.467 e. The number of nitrogens with one attached hydrogen (secondary N) is 2. The summed E-state index contributed by atoms with van der Waals surface area (Å²) in [4.78, 5) is 11.9. The number of anilines is 2. The van der Waals surface area contributed by atoms with Crippen molar-refractivity contribution in [3.63, 3.8) is 0 Å². The second kappa shape index (κ2) is 6.86. The van der Waals surface area contributed by atoms with Crippen molar-refractivity contribution < 1.29 is 18.0 Å². The number of halogens is 2. The molecule has 0 bridgehead atoms. The number of carbonyl (C=O) groups is 1. The van der Waals surface area contributed by atoms with E-state index in [0.717, 1.165) is 12.1 Å². The average molecular weight is 330 g/mol. The number of furan rings is 1. The minimum Gasteiger partial charge on any atom is -0.467 e. The van der Waals surface area contributed by atoms with Crippen LogP contribution in [0.3, 0.4) is 0 Å². The van der Waals surface area contributed by atoms with Gasteiger partial charge in [-0.2, -0.15) is 0 Å². The fourth-order valence-electron chi connectivity index (χ4n) is 1.92. The molecule has 3 rings (SSSR count). The van der Waals surface area contributed by atoms with E-state index in [1.54, 1.807) is 12.1 Å². The van der Waals surface area contributed by atoms with Crippen molar-refractivity contribution in [2.24, 2.45) is 0 Å². The van der Waals surface area contributed by atoms with Crippen molar-refractivity contribution in [2.45, 2.75) is 6.54 Å². The maximum Gasteiger partial charge on any atom is 0.272 e. The molecular weight excluding hydrogens is 318 g/mol. The summed E-state index contributed by atoms with van der Waals surface area (Å²) in [7, 11) is 0. The highest BCUT2D eigenvalue weighted by Crippen LogP contribution is 2.18. The lowest BCUT2D eigenvalue weighted by atomic mass is 10.3. The molecule has 0 aliphatic rings. The Hall–Kier alpha value is -3.29. The number of amides is 1. The standard InChI is InChI=1S/C16H12F2N4O2/c17-10-3-4-13(12(18)8-10)20-15-6-5-14(21-22-15)16(23)19-9-11-2-1-7-24-11/h1-8H,9H2,(H,19,23)(H,20,22). The van der Waals surface area contributed by atoms with E-state index in [4.69, 9.17) is 4.42 Å². The molecule has 0 fully saturated rings. The topological polar surface area (TPSA) is 80.0 Å². The molecule has 0 saturated heterocycles. The van der Waals surface area contributed by atoms with E-state index in [9.17, 15) is 13.6 Å². The van der Waals surface area contributed by atoms with Gasteiger partial charge in [0.15, 0.2) is 11.5 Å². The second-order valence-electron chi connectivity index (χ2n) is 4.82. The molecule has 0 unspecified atom stereocenters. The second-order valence-corrected chi connectivity index (χ2v) is 4.82. The zero-order valence-corrected chi connectivity index (χ0v) is 12.3. The van der Waals surface area contributed by atoms with Gasteiger partial charge in [0, 0.05) is 6.07 Å². The van der Waals surface area contributed by atoms with Crippen LogP contribution in [-0.2, 0) is 6.54 Å². The number of aromatic nitrogens is 2. The number of rotatable bonds is 5. The minimum absolute atomic E-state index is 0.0562. The average Bonchev–Trinajstić information content (AvgIpc) is 3.09. The zero-order chi connectivity index (χ0) is 16.9.